The quantitative estimate of drug-likeness (QED) is 0.529. The Hall–Kier alpha value is -3.03. The van der Waals surface area contributed by atoms with Crippen LogP contribution < -0.4 is 9.47 Å². The van der Waals surface area contributed by atoms with E-state index >= 15 is 0 Å². The molecule has 3 aromatic carbocycles. The molecule has 0 bridgehead atoms. The highest BCUT2D eigenvalue weighted by Crippen LogP contribution is 2.40. The van der Waals surface area contributed by atoms with Gasteiger partial charge in [0, 0.05) is 23.1 Å². The van der Waals surface area contributed by atoms with Gasteiger partial charge in [-0.25, -0.2) is 0 Å². The molecule has 0 aliphatic carbocycles. The van der Waals surface area contributed by atoms with Crippen molar-refractivity contribution in [1.29, 1.82) is 0 Å². The van der Waals surface area contributed by atoms with Crippen molar-refractivity contribution in [2.75, 3.05) is 14.2 Å². The standard InChI is InChI=1S/C23H21ClN2O4S/c1-29-17-12-16(13-18(14-17)30-2)23-15-22(20-10-6-7-11-21(20)24)25-26(23)31(27,28)19-8-4-3-5-9-19/h3-14,23H,15H2,1-2H3/t23-/m1/s1. The molecular formula is C23H21ClN2O4S. The number of halogens is 1. The Labute approximate surface area is 186 Å². The van der Waals surface area contributed by atoms with Gasteiger partial charge in [0.1, 0.15) is 11.5 Å². The Morgan fingerprint density at radius 3 is 2.16 bits per heavy atom. The number of hydrogen-bond acceptors (Lipinski definition) is 5. The van der Waals surface area contributed by atoms with Gasteiger partial charge in [0.15, 0.2) is 0 Å². The fourth-order valence-electron chi connectivity index (χ4n) is 3.54. The van der Waals surface area contributed by atoms with Gasteiger partial charge in [-0.1, -0.05) is 48.0 Å². The van der Waals surface area contributed by atoms with E-state index in [9.17, 15) is 8.42 Å². The summed E-state index contributed by atoms with van der Waals surface area (Å²) < 4.78 is 39.0. The second kappa shape index (κ2) is 8.61. The van der Waals surface area contributed by atoms with E-state index in [1.807, 2.05) is 18.2 Å². The molecule has 0 amide bonds. The molecule has 1 aliphatic heterocycles. The number of hydrazone groups is 1. The van der Waals surface area contributed by atoms with Crippen LogP contribution in [0.1, 0.15) is 23.6 Å². The first-order chi connectivity index (χ1) is 14.9. The minimum atomic E-state index is -3.91. The van der Waals surface area contributed by atoms with Gasteiger partial charge in [-0.15, -0.1) is 0 Å². The second-order valence-corrected chi connectivity index (χ2v) is 9.19. The predicted molar refractivity (Wildman–Crippen MR) is 120 cm³/mol. The lowest BCUT2D eigenvalue weighted by atomic mass is 9.98. The van der Waals surface area contributed by atoms with E-state index in [-0.39, 0.29) is 4.90 Å². The lowest BCUT2D eigenvalue weighted by molar-refractivity contribution is 0.362. The van der Waals surface area contributed by atoms with Crippen molar-refractivity contribution in [2.45, 2.75) is 17.4 Å². The van der Waals surface area contributed by atoms with E-state index in [0.29, 0.717) is 39.8 Å². The molecule has 0 unspecified atom stereocenters. The summed E-state index contributed by atoms with van der Waals surface area (Å²) in [6, 6.07) is 20.3. The number of rotatable bonds is 6. The Morgan fingerprint density at radius 2 is 1.55 bits per heavy atom. The molecule has 0 fully saturated rings. The molecule has 4 rings (SSSR count). The molecule has 1 atom stereocenters. The lowest BCUT2D eigenvalue weighted by Crippen LogP contribution is -2.27. The Balaban J connectivity index is 1.85. The molecule has 0 N–H and O–H groups in total. The van der Waals surface area contributed by atoms with E-state index in [1.165, 1.54) is 0 Å². The molecule has 0 saturated carbocycles. The number of benzene rings is 3. The Morgan fingerprint density at radius 1 is 0.935 bits per heavy atom. The van der Waals surface area contributed by atoms with Gasteiger partial charge in [0.25, 0.3) is 10.0 Å². The molecule has 0 spiro atoms. The van der Waals surface area contributed by atoms with E-state index in [0.717, 1.165) is 4.41 Å². The van der Waals surface area contributed by atoms with Crippen molar-refractivity contribution < 1.29 is 17.9 Å². The van der Waals surface area contributed by atoms with Crippen molar-refractivity contribution in [3.8, 4) is 11.5 Å². The van der Waals surface area contributed by atoms with Gasteiger partial charge >= 0.3 is 0 Å². The highest BCUT2D eigenvalue weighted by atomic mass is 35.5. The second-order valence-electron chi connectivity index (χ2n) is 6.98. The summed E-state index contributed by atoms with van der Waals surface area (Å²) in [6.45, 7) is 0. The largest absolute Gasteiger partial charge is 0.497 e. The third-order valence-corrected chi connectivity index (χ3v) is 7.13. The third-order valence-electron chi connectivity index (χ3n) is 5.10. The highest BCUT2D eigenvalue weighted by Gasteiger charge is 2.38. The summed E-state index contributed by atoms with van der Waals surface area (Å²) in [4.78, 5) is 0.166. The van der Waals surface area contributed by atoms with Crippen LogP contribution in [0.5, 0.6) is 11.5 Å². The van der Waals surface area contributed by atoms with E-state index in [1.54, 1.807) is 68.8 Å². The van der Waals surface area contributed by atoms with Crippen LogP contribution in [-0.2, 0) is 10.0 Å². The maximum absolute atomic E-state index is 13.5. The van der Waals surface area contributed by atoms with Crippen molar-refractivity contribution in [3.05, 3.63) is 88.9 Å². The first-order valence-corrected chi connectivity index (χ1v) is 11.4. The van der Waals surface area contributed by atoms with Crippen LogP contribution in [0.3, 0.4) is 0 Å². The number of sulfonamides is 1. The van der Waals surface area contributed by atoms with E-state index in [4.69, 9.17) is 21.1 Å². The average molecular weight is 457 g/mol. The van der Waals surface area contributed by atoms with Crippen molar-refractivity contribution in [3.63, 3.8) is 0 Å². The summed E-state index contributed by atoms with van der Waals surface area (Å²) in [5.41, 5.74) is 2.01. The molecule has 0 saturated heterocycles. The smallest absolute Gasteiger partial charge is 0.279 e. The molecule has 3 aromatic rings. The molecule has 0 aromatic heterocycles. The van der Waals surface area contributed by atoms with Gasteiger partial charge < -0.3 is 9.47 Å². The SMILES string of the molecule is COc1cc(OC)cc([C@H]2CC(c3ccccc3Cl)=NN2S(=O)(=O)c2ccccc2)c1. The molecule has 8 heteroatoms. The van der Waals surface area contributed by atoms with Crippen LogP contribution in [0, 0.1) is 0 Å². The highest BCUT2D eigenvalue weighted by molar-refractivity contribution is 7.89. The Kier molecular flexibility index (Phi) is 5.89. The fraction of sp³-hybridized carbons (Fsp3) is 0.174. The van der Waals surface area contributed by atoms with Gasteiger partial charge in [0.05, 0.1) is 30.9 Å². The third kappa shape index (κ3) is 4.11. The summed E-state index contributed by atoms with van der Waals surface area (Å²) >= 11 is 6.38. The predicted octanol–water partition coefficient (Wildman–Crippen LogP) is 4.90. The van der Waals surface area contributed by atoms with E-state index < -0.39 is 16.1 Å². The van der Waals surface area contributed by atoms with Crippen LogP contribution in [0.4, 0.5) is 0 Å². The molecular weight excluding hydrogens is 436 g/mol. The van der Waals surface area contributed by atoms with Crippen LogP contribution in [0.25, 0.3) is 0 Å². The van der Waals surface area contributed by atoms with Gasteiger partial charge in [-0.3, -0.25) is 0 Å². The molecule has 31 heavy (non-hydrogen) atoms. The van der Waals surface area contributed by atoms with Crippen molar-refractivity contribution >= 4 is 27.3 Å². The minimum absolute atomic E-state index is 0.166. The van der Waals surface area contributed by atoms with Crippen molar-refractivity contribution in [1.82, 2.24) is 4.41 Å². The topological polar surface area (TPSA) is 68.2 Å². The Bertz CT molecular complexity index is 1210. The molecule has 6 nitrogen and oxygen atoms in total. The first kappa shape index (κ1) is 21.2. The molecule has 1 aliphatic rings. The maximum Gasteiger partial charge on any atom is 0.279 e. The minimum Gasteiger partial charge on any atom is -0.497 e. The maximum atomic E-state index is 13.5. The summed E-state index contributed by atoms with van der Waals surface area (Å²) in [6.07, 6.45) is 0.353. The molecule has 160 valence electrons. The summed E-state index contributed by atoms with van der Waals surface area (Å²) in [5.74, 6) is 1.13. The van der Waals surface area contributed by atoms with Crippen LogP contribution in [0.15, 0.2) is 82.8 Å². The number of ether oxygens (including phenoxy) is 2. The van der Waals surface area contributed by atoms with Crippen LogP contribution in [0.2, 0.25) is 5.02 Å². The van der Waals surface area contributed by atoms with Gasteiger partial charge in [-0.05, 0) is 35.9 Å². The molecule has 0 radical (unpaired) electrons. The van der Waals surface area contributed by atoms with Crippen molar-refractivity contribution in [2.24, 2.45) is 5.10 Å². The number of methoxy groups -OCH3 is 2. The zero-order valence-electron chi connectivity index (χ0n) is 17.0. The summed E-state index contributed by atoms with van der Waals surface area (Å²) in [7, 11) is -0.802. The van der Waals surface area contributed by atoms with E-state index in [2.05, 4.69) is 5.10 Å². The van der Waals surface area contributed by atoms with Crippen LogP contribution >= 0.6 is 11.6 Å². The number of nitrogens with zero attached hydrogens (tertiary/aromatic N) is 2. The zero-order valence-corrected chi connectivity index (χ0v) is 18.6. The van der Waals surface area contributed by atoms with Gasteiger partial charge in [0.2, 0.25) is 0 Å². The fourth-order valence-corrected chi connectivity index (χ4v) is 5.24. The first-order valence-electron chi connectivity index (χ1n) is 9.59. The zero-order chi connectivity index (χ0) is 22.0. The van der Waals surface area contributed by atoms with Crippen LogP contribution in [-0.4, -0.2) is 32.8 Å². The monoisotopic (exact) mass is 456 g/mol. The van der Waals surface area contributed by atoms with Gasteiger partial charge in [-0.2, -0.15) is 17.9 Å². The lowest BCUT2D eigenvalue weighted by Gasteiger charge is -2.24. The molecule has 1 heterocycles. The summed E-state index contributed by atoms with van der Waals surface area (Å²) in [5, 5.41) is 5.05. The number of hydrogen-bond donors (Lipinski definition) is 0. The average Bonchev–Trinajstić information content (AvgIpc) is 3.26. The normalized spacial score (nSPS) is 16.2.